The topological polar surface area (TPSA) is 91.6 Å². The predicted molar refractivity (Wildman–Crippen MR) is 143 cm³/mol. The number of fused-ring (bicyclic) bond motifs is 1. The van der Waals surface area contributed by atoms with Crippen LogP contribution in [0.15, 0.2) is 83.7 Å². The molecule has 1 fully saturated rings. The van der Waals surface area contributed by atoms with Crippen LogP contribution in [0.1, 0.15) is 41.4 Å². The van der Waals surface area contributed by atoms with Gasteiger partial charge in [0.05, 0.1) is 16.8 Å². The number of carboxylic acid groups (broad SMARTS) is 1. The van der Waals surface area contributed by atoms with E-state index in [1.807, 2.05) is 24.3 Å². The van der Waals surface area contributed by atoms with Gasteiger partial charge < -0.3 is 10.4 Å². The number of carboxylic acids is 1. The minimum absolute atomic E-state index is 0.0906. The number of hydrogen-bond acceptors (Lipinski definition) is 4. The number of nitrogens with one attached hydrogen (secondary N) is 1. The number of aromatic carboxylic acids is 1. The minimum Gasteiger partial charge on any atom is -0.478 e. The van der Waals surface area contributed by atoms with Gasteiger partial charge in [-0.25, -0.2) is 9.18 Å². The molecule has 0 aliphatic carbocycles. The van der Waals surface area contributed by atoms with Gasteiger partial charge in [-0.2, -0.15) is 0 Å². The maximum absolute atomic E-state index is 14.1. The molecule has 1 aliphatic rings. The summed E-state index contributed by atoms with van der Waals surface area (Å²) >= 11 is 0. The number of pyridine rings is 1. The smallest absolute Gasteiger partial charge is 0.338 e. The third-order valence-corrected chi connectivity index (χ3v) is 7.29. The molecule has 1 amide bonds. The van der Waals surface area contributed by atoms with Crippen molar-refractivity contribution in [2.45, 2.75) is 31.8 Å². The molecule has 0 radical (unpaired) electrons. The van der Waals surface area contributed by atoms with Crippen molar-refractivity contribution in [2.75, 3.05) is 13.1 Å². The summed E-state index contributed by atoms with van der Waals surface area (Å²) in [4.78, 5) is 40.5. The minimum atomic E-state index is -1.11. The van der Waals surface area contributed by atoms with Crippen molar-refractivity contribution in [3.05, 3.63) is 112 Å². The van der Waals surface area contributed by atoms with E-state index in [1.165, 1.54) is 23.6 Å². The lowest BCUT2D eigenvalue weighted by Crippen LogP contribution is -2.52. The lowest BCUT2D eigenvalue weighted by Gasteiger charge is -2.43. The maximum atomic E-state index is 14.1. The molecule has 3 aromatic carbocycles. The first-order valence-electron chi connectivity index (χ1n) is 12.5. The fourth-order valence-corrected chi connectivity index (χ4v) is 5.55. The maximum Gasteiger partial charge on any atom is 0.338 e. The molecule has 0 spiro atoms. The molecule has 5 rings (SSSR count). The molecule has 0 unspecified atom stereocenters. The number of aromatic nitrogens is 1. The summed E-state index contributed by atoms with van der Waals surface area (Å²) in [5.41, 5.74) is 0.757. The molecular formula is C30H28FN3O4. The summed E-state index contributed by atoms with van der Waals surface area (Å²) in [6.45, 7) is 2.67. The predicted octanol–water partition coefficient (Wildman–Crippen LogP) is 4.46. The number of benzene rings is 3. The standard InChI is InChI=1S/C30H28FN3O4/c1-20(35)32-30(21-8-7-9-22(31)18-21)14-16-33(17-15-30)19-26-27(29(37)38)24-12-5-6-13-25(24)28(36)34(26)23-10-3-2-4-11-23/h2-13,18H,14-17,19H2,1H3,(H,32,35)(H,37,38). The largest absolute Gasteiger partial charge is 0.478 e. The van der Waals surface area contributed by atoms with Crippen molar-refractivity contribution in [3.8, 4) is 5.69 Å². The Hall–Kier alpha value is -4.30. The van der Waals surface area contributed by atoms with Crippen molar-refractivity contribution in [1.82, 2.24) is 14.8 Å². The number of nitrogens with zero attached hydrogens (tertiary/aromatic N) is 2. The van der Waals surface area contributed by atoms with Crippen LogP contribution in [0.2, 0.25) is 0 Å². The number of carbonyl (C=O) groups is 2. The van der Waals surface area contributed by atoms with Gasteiger partial charge in [-0.15, -0.1) is 0 Å². The van der Waals surface area contributed by atoms with Gasteiger partial charge in [0.1, 0.15) is 5.82 Å². The van der Waals surface area contributed by atoms with Crippen molar-refractivity contribution < 1.29 is 19.1 Å². The average molecular weight is 514 g/mol. The van der Waals surface area contributed by atoms with E-state index in [0.717, 1.165) is 0 Å². The van der Waals surface area contributed by atoms with Crippen LogP contribution >= 0.6 is 0 Å². The van der Waals surface area contributed by atoms with Gasteiger partial charge in [0.25, 0.3) is 5.56 Å². The number of amides is 1. The van der Waals surface area contributed by atoms with Crippen LogP contribution in [0.4, 0.5) is 4.39 Å². The monoisotopic (exact) mass is 513 g/mol. The summed E-state index contributed by atoms with van der Waals surface area (Å²) in [6, 6.07) is 22.1. The Morgan fingerprint density at radius 1 is 0.947 bits per heavy atom. The van der Waals surface area contributed by atoms with Crippen LogP contribution in [0, 0.1) is 5.82 Å². The Balaban J connectivity index is 1.56. The van der Waals surface area contributed by atoms with Crippen molar-refractivity contribution in [1.29, 1.82) is 0 Å². The lowest BCUT2D eigenvalue weighted by molar-refractivity contribution is -0.121. The number of halogens is 1. The number of rotatable bonds is 6. The SMILES string of the molecule is CC(=O)NC1(c2cccc(F)c2)CCN(Cc2c(C(=O)O)c3ccccc3c(=O)n2-c2ccccc2)CC1. The van der Waals surface area contributed by atoms with Gasteiger partial charge in [-0.05, 0) is 48.7 Å². The van der Waals surface area contributed by atoms with Crippen molar-refractivity contribution in [2.24, 2.45) is 0 Å². The molecule has 38 heavy (non-hydrogen) atoms. The molecule has 1 aliphatic heterocycles. The van der Waals surface area contributed by atoms with Crippen LogP contribution < -0.4 is 10.9 Å². The van der Waals surface area contributed by atoms with Crippen LogP contribution in [-0.4, -0.2) is 39.5 Å². The van der Waals surface area contributed by atoms with Crippen LogP contribution in [0.5, 0.6) is 0 Å². The van der Waals surface area contributed by atoms with Crippen LogP contribution in [0.3, 0.4) is 0 Å². The molecule has 194 valence electrons. The second-order valence-corrected chi connectivity index (χ2v) is 9.70. The highest BCUT2D eigenvalue weighted by atomic mass is 19.1. The summed E-state index contributed by atoms with van der Waals surface area (Å²) in [5.74, 6) is -1.68. The van der Waals surface area contributed by atoms with E-state index >= 15 is 0 Å². The third kappa shape index (κ3) is 4.70. The average Bonchev–Trinajstić information content (AvgIpc) is 2.90. The van der Waals surface area contributed by atoms with Gasteiger partial charge in [-0.3, -0.25) is 19.1 Å². The number of para-hydroxylation sites is 1. The molecular weight excluding hydrogens is 485 g/mol. The fourth-order valence-electron chi connectivity index (χ4n) is 5.55. The van der Waals surface area contributed by atoms with E-state index in [-0.39, 0.29) is 29.4 Å². The third-order valence-electron chi connectivity index (χ3n) is 7.29. The molecule has 1 saturated heterocycles. The second kappa shape index (κ2) is 10.2. The summed E-state index contributed by atoms with van der Waals surface area (Å²) in [5, 5.41) is 14.1. The zero-order chi connectivity index (χ0) is 26.9. The lowest BCUT2D eigenvalue weighted by atomic mass is 9.80. The van der Waals surface area contributed by atoms with E-state index in [4.69, 9.17) is 0 Å². The number of carbonyl (C=O) groups excluding carboxylic acids is 1. The van der Waals surface area contributed by atoms with E-state index in [0.29, 0.717) is 53.6 Å². The van der Waals surface area contributed by atoms with Crippen molar-refractivity contribution >= 4 is 22.6 Å². The zero-order valence-corrected chi connectivity index (χ0v) is 21.0. The van der Waals surface area contributed by atoms with E-state index < -0.39 is 11.5 Å². The Morgan fingerprint density at radius 2 is 1.61 bits per heavy atom. The van der Waals surface area contributed by atoms with Crippen LogP contribution in [0.25, 0.3) is 16.5 Å². The molecule has 8 heteroatoms. The van der Waals surface area contributed by atoms with Gasteiger partial charge in [0.15, 0.2) is 0 Å². The summed E-state index contributed by atoms with van der Waals surface area (Å²) in [7, 11) is 0. The normalized spacial score (nSPS) is 15.3. The molecule has 1 aromatic heterocycles. The van der Waals surface area contributed by atoms with E-state index in [9.17, 15) is 23.9 Å². The molecule has 7 nitrogen and oxygen atoms in total. The molecule has 4 aromatic rings. The Labute approximate surface area is 219 Å². The number of hydrogen-bond donors (Lipinski definition) is 2. The molecule has 2 heterocycles. The van der Waals surface area contributed by atoms with Crippen LogP contribution in [-0.2, 0) is 16.9 Å². The highest BCUT2D eigenvalue weighted by Gasteiger charge is 2.38. The number of likely N-dealkylation sites (tertiary alicyclic amines) is 1. The first-order valence-corrected chi connectivity index (χ1v) is 12.5. The van der Waals surface area contributed by atoms with E-state index in [1.54, 1.807) is 42.5 Å². The summed E-state index contributed by atoms with van der Waals surface area (Å²) < 4.78 is 15.6. The number of piperidine rings is 1. The Kier molecular flexibility index (Phi) is 6.82. The van der Waals surface area contributed by atoms with Gasteiger partial charge in [-0.1, -0.05) is 48.5 Å². The Morgan fingerprint density at radius 3 is 2.24 bits per heavy atom. The second-order valence-electron chi connectivity index (χ2n) is 9.70. The van der Waals surface area contributed by atoms with Crippen molar-refractivity contribution in [3.63, 3.8) is 0 Å². The molecule has 0 saturated carbocycles. The Bertz CT molecular complexity index is 1570. The zero-order valence-electron chi connectivity index (χ0n) is 21.0. The summed E-state index contributed by atoms with van der Waals surface area (Å²) in [6.07, 6.45) is 1.00. The fraction of sp³-hybridized carbons (Fsp3) is 0.233. The van der Waals surface area contributed by atoms with Gasteiger partial charge in [0.2, 0.25) is 5.91 Å². The van der Waals surface area contributed by atoms with Gasteiger partial charge in [0, 0.05) is 43.0 Å². The molecule has 0 atom stereocenters. The first-order chi connectivity index (χ1) is 18.3. The quantitative estimate of drug-likeness (QED) is 0.397. The van der Waals surface area contributed by atoms with E-state index in [2.05, 4.69) is 10.2 Å². The molecule has 0 bridgehead atoms. The highest BCUT2D eigenvalue weighted by molar-refractivity contribution is 6.04. The molecule has 2 N–H and O–H groups in total. The van der Waals surface area contributed by atoms with Gasteiger partial charge >= 0.3 is 5.97 Å². The first kappa shape index (κ1) is 25.4. The highest BCUT2D eigenvalue weighted by Crippen LogP contribution is 2.34.